The number of ether oxygens (including phenoxy) is 3. The molecule has 4 aromatic carbocycles. The number of carbonyl (C=O) groups is 5. The Morgan fingerprint density at radius 3 is 1.89 bits per heavy atom. The van der Waals surface area contributed by atoms with E-state index in [0.717, 1.165) is 12.1 Å². The zero-order valence-electron chi connectivity index (χ0n) is 29.6. The Morgan fingerprint density at radius 1 is 0.698 bits per heavy atom. The molecule has 0 saturated heterocycles. The predicted octanol–water partition coefficient (Wildman–Crippen LogP) is 6.87. The zero-order valence-corrected chi connectivity index (χ0v) is 29.6. The average Bonchev–Trinajstić information content (AvgIpc) is 3.14. The number of rotatable bonds is 14. The van der Waals surface area contributed by atoms with Crippen LogP contribution in [0.2, 0.25) is 0 Å². The van der Waals surface area contributed by atoms with E-state index in [1.807, 2.05) is 0 Å². The van der Waals surface area contributed by atoms with Gasteiger partial charge >= 0.3 is 24.1 Å². The standard InChI is InChI=1S/C40H39F3N2O8/c1-5-51-37(49)39(38(50)52-6-2,28-12-8-7-9-13-28)25-53-34(46)23-17-26-16-22-33(32(24-26)36(48)45(3)4)44-35(47)31-15-11-10-14-30(31)27-18-20-29(21-19-27)40(41,42)43/h7-16,18-22,24H,5-6,17,23,25H2,1-4H3,(H,44,47). The molecule has 13 heteroatoms. The van der Waals surface area contributed by atoms with Crippen LogP contribution in [0.3, 0.4) is 0 Å². The zero-order chi connectivity index (χ0) is 38.8. The minimum absolute atomic E-state index is 0.0309. The lowest BCUT2D eigenvalue weighted by Crippen LogP contribution is -2.50. The van der Waals surface area contributed by atoms with Crippen LogP contribution >= 0.6 is 0 Å². The summed E-state index contributed by atoms with van der Waals surface area (Å²) in [5.74, 6) is -3.64. The maximum Gasteiger partial charge on any atom is 0.416 e. The monoisotopic (exact) mass is 732 g/mol. The van der Waals surface area contributed by atoms with Crippen LogP contribution in [0.4, 0.5) is 18.9 Å². The van der Waals surface area contributed by atoms with E-state index in [1.54, 1.807) is 68.4 Å². The normalized spacial score (nSPS) is 11.3. The Bertz CT molecular complexity index is 1930. The molecule has 0 aliphatic heterocycles. The predicted molar refractivity (Wildman–Crippen MR) is 190 cm³/mol. The third-order valence-corrected chi connectivity index (χ3v) is 8.25. The fraction of sp³-hybridized carbons (Fsp3) is 0.275. The van der Waals surface area contributed by atoms with Crippen molar-refractivity contribution in [2.45, 2.75) is 38.3 Å². The van der Waals surface area contributed by atoms with Gasteiger partial charge in [-0.05, 0) is 72.9 Å². The van der Waals surface area contributed by atoms with Gasteiger partial charge in [-0.2, -0.15) is 13.2 Å². The van der Waals surface area contributed by atoms with E-state index in [1.165, 1.54) is 49.3 Å². The average molecular weight is 733 g/mol. The number of amides is 2. The summed E-state index contributed by atoms with van der Waals surface area (Å²) >= 11 is 0. The van der Waals surface area contributed by atoms with E-state index < -0.39 is 53.5 Å². The highest BCUT2D eigenvalue weighted by molar-refractivity contribution is 6.12. The van der Waals surface area contributed by atoms with E-state index in [9.17, 15) is 37.1 Å². The highest BCUT2D eigenvalue weighted by Gasteiger charge is 2.52. The van der Waals surface area contributed by atoms with Crippen LogP contribution in [-0.2, 0) is 46.6 Å². The molecular formula is C40H39F3N2O8. The van der Waals surface area contributed by atoms with Gasteiger partial charge in [0, 0.05) is 26.1 Å². The van der Waals surface area contributed by atoms with Crippen molar-refractivity contribution in [1.29, 1.82) is 0 Å². The Kier molecular flexibility index (Phi) is 13.1. The summed E-state index contributed by atoms with van der Waals surface area (Å²) in [5, 5.41) is 2.75. The minimum Gasteiger partial charge on any atom is -0.465 e. The molecule has 0 aliphatic rings. The quantitative estimate of drug-likeness (QED) is 0.0846. The first-order chi connectivity index (χ1) is 25.2. The van der Waals surface area contributed by atoms with Gasteiger partial charge in [-0.3, -0.25) is 24.0 Å². The number of nitrogens with zero attached hydrogens (tertiary/aromatic N) is 1. The Morgan fingerprint density at radius 2 is 1.30 bits per heavy atom. The molecule has 10 nitrogen and oxygen atoms in total. The highest BCUT2D eigenvalue weighted by atomic mass is 19.4. The maximum atomic E-state index is 13.6. The molecule has 2 amide bonds. The van der Waals surface area contributed by atoms with Gasteiger partial charge in [0.2, 0.25) is 5.41 Å². The summed E-state index contributed by atoms with van der Waals surface area (Å²) in [7, 11) is 3.06. The number of anilines is 1. The maximum absolute atomic E-state index is 13.6. The number of benzene rings is 4. The molecule has 0 unspecified atom stereocenters. The van der Waals surface area contributed by atoms with Crippen molar-refractivity contribution in [3.63, 3.8) is 0 Å². The van der Waals surface area contributed by atoms with Crippen molar-refractivity contribution < 1.29 is 51.4 Å². The van der Waals surface area contributed by atoms with Crippen molar-refractivity contribution >= 4 is 35.4 Å². The molecule has 1 N–H and O–H groups in total. The molecule has 0 fully saturated rings. The van der Waals surface area contributed by atoms with E-state index in [0.29, 0.717) is 16.7 Å². The van der Waals surface area contributed by atoms with Crippen molar-refractivity contribution in [3.8, 4) is 11.1 Å². The molecule has 53 heavy (non-hydrogen) atoms. The van der Waals surface area contributed by atoms with Crippen LogP contribution in [0.15, 0.2) is 97.1 Å². The second kappa shape index (κ2) is 17.5. The first-order valence-electron chi connectivity index (χ1n) is 16.7. The number of aryl methyl sites for hydroxylation is 1. The topological polar surface area (TPSA) is 128 Å². The largest absolute Gasteiger partial charge is 0.465 e. The lowest BCUT2D eigenvalue weighted by atomic mass is 9.81. The van der Waals surface area contributed by atoms with Gasteiger partial charge in [-0.15, -0.1) is 0 Å². The van der Waals surface area contributed by atoms with Gasteiger partial charge in [-0.1, -0.05) is 66.7 Å². The first kappa shape index (κ1) is 39.8. The summed E-state index contributed by atoms with van der Waals surface area (Å²) in [6.07, 6.45) is -4.62. The summed E-state index contributed by atoms with van der Waals surface area (Å²) in [6.45, 7) is 2.43. The molecule has 0 heterocycles. The lowest BCUT2D eigenvalue weighted by molar-refractivity contribution is -0.170. The number of esters is 3. The van der Waals surface area contributed by atoms with Crippen LogP contribution < -0.4 is 5.32 Å². The summed E-state index contributed by atoms with van der Waals surface area (Å²) in [6, 6.07) is 23.5. The Labute approximate surface area is 304 Å². The van der Waals surface area contributed by atoms with Gasteiger partial charge in [0.15, 0.2) is 0 Å². The number of hydrogen-bond acceptors (Lipinski definition) is 8. The highest BCUT2D eigenvalue weighted by Crippen LogP contribution is 2.33. The minimum atomic E-state index is -4.51. The van der Waals surface area contributed by atoms with Crippen molar-refractivity contribution in [2.75, 3.05) is 39.2 Å². The van der Waals surface area contributed by atoms with E-state index in [4.69, 9.17) is 14.2 Å². The molecule has 0 atom stereocenters. The molecule has 0 aliphatic carbocycles. The number of halogens is 3. The van der Waals surface area contributed by atoms with Gasteiger partial charge in [-0.25, -0.2) is 0 Å². The Hall–Kier alpha value is -5.98. The third-order valence-electron chi connectivity index (χ3n) is 8.25. The van der Waals surface area contributed by atoms with E-state index in [-0.39, 0.29) is 48.4 Å². The number of alkyl halides is 3. The fourth-order valence-electron chi connectivity index (χ4n) is 5.49. The lowest BCUT2D eigenvalue weighted by Gasteiger charge is -2.29. The fourth-order valence-corrected chi connectivity index (χ4v) is 5.49. The molecule has 0 bridgehead atoms. The molecule has 4 aromatic rings. The number of hydrogen-bond donors (Lipinski definition) is 1. The number of carbonyl (C=O) groups excluding carboxylic acids is 5. The van der Waals surface area contributed by atoms with Gasteiger partial charge < -0.3 is 24.4 Å². The van der Waals surface area contributed by atoms with Crippen LogP contribution in [0.5, 0.6) is 0 Å². The van der Waals surface area contributed by atoms with Crippen LogP contribution in [-0.4, -0.2) is 68.5 Å². The molecule has 0 radical (unpaired) electrons. The van der Waals surface area contributed by atoms with Crippen LogP contribution in [0.25, 0.3) is 11.1 Å². The second-order valence-electron chi connectivity index (χ2n) is 12.0. The van der Waals surface area contributed by atoms with Crippen LogP contribution in [0, 0.1) is 0 Å². The first-order valence-corrected chi connectivity index (χ1v) is 16.7. The summed E-state index contributed by atoms with van der Waals surface area (Å²) in [4.78, 5) is 67.7. The van der Waals surface area contributed by atoms with Gasteiger partial charge in [0.25, 0.3) is 11.8 Å². The summed E-state index contributed by atoms with van der Waals surface area (Å²) < 4.78 is 55.4. The summed E-state index contributed by atoms with van der Waals surface area (Å²) in [5.41, 5.74) is -0.877. The Balaban J connectivity index is 1.54. The van der Waals surface area contributed by atoms with Gasteiger partial charge in [0.1, 0.15) is 6.61 Å². The SMILES string of the molecule is CCOC(=O)C(COC(=O)CCc1ccc(NC(=O)c2ccccc2-c2ccc(C(F)(F)F)cc2)c(C(=O)N(C)C)c1)(C(=O)OCC)c1ccccc1. The molecule has 4 rings (SSSR count). The molecule has 0 saturated carbocycles. The van der Waals surface area contributed by atoms with Crippen molar-refractivity contribution in [1.82, 2.24) is 4.90 Å². The van der Waals surface area contributed by atoms with Crippen molar-refractivity contribution in [2.24, 2.45) is 0 Å². The smallest absolute Gasteiger partial charge is 0.416 e. The second-order valence-corrected chi connectivity index (χ2v) is 12.0. The molecular weight excluding hydrogens is 693 g/mol. The number of nitrogens with one attached hydrogen (secondary N) is 1. The molecule has 0 aromatic heterocycles. The molecule has 278 valence electrons. The van der Waals surface area contributed by atoms with Gasteiger partial charge in [0.05, 0.1) is 30.0 Å². The van der Waals surface area contributed by atoms with E-state index in [2.05, 4.69) is 5.32 Å². The molecule has 0 spiro atoms. The van der Waals surface area contributed by atoms with Crippen LogP contribution in [0.1, 0.15) is 57.7 Å². The van der Waals surface area contributed by atoms with E-state index >= 15 is 0 Å². The third kappa shape index (κ3) is 9.47. The van der Waals surface area contributed by atoms with Crippen molar-refractivity contribution in [3.05, 3.63) is 125 Å².